The summed E-state index contributed by atoms with van der Waals surface area (Å²) in [4.78, 5) is 11.9. The van der Waals surface area contributed by atoms with Crippen molar-refractivity contribution in [2.24, 2.45) is 11.3 Å². The van der Waals surface area contributed by atoms with Gasteiger partial charge in [0, 0.05) is 11.6 Å². The van der Waals surface area contributed by atoms with Gasteiger partial charge >= 0.3 is 0 Å². The molecule has 0 saturated carbocycles. The van der Waals surface area contributed by atoms with E-state index in [0.717, 1.165) is 0 Å². The number of phenols is 1. The molecule has 1 rings (SSSR count). The Kier molecular flexibility index (Phi) is 5.01. The largest absolute Gasteiger partial charge is 0.507 e. The Morgan fingerprint density at radius 2 is 1.86 bits per heavy atom. The Hall–Kier alpha value is -1.60. The molecule has 1 amide bonds. The van der Waals surface area contributed by atoms with Crippen molar-refractivity contribution in [2.45, 2.75) is 32.6 Å². The van der Waals surface area contributed by atoms with Crippen LogP contribution in [0.25, 0.3) is 0 Å². The van der Waals surface area contributed by atoms with E-state index in [2.05, 4.69) is 10.0 Å². The molecule has 0 aromatic heterocycles. The normalized spacial score (nSPS) is 13.8. The van der Waals surface area contributed by atoms with E-state index in [1.807, 2.05) is 20.8 Å². The molecular formula is C14H22N2O4S. The van der Waals surface area contributed by atoms with Gasteiger partial charge in [0.05, 0.1) is 0 Å². The number of phenolic OH excluding ortho intramolecular Hbond substituents is 1. The highest BCUT2D eigenvalue weighted by molar-refractivity contribution is 7.89. The van der Waals surface area contributed by atoms with Gasteiger partial charge in [-0.3, -0.25) is 4.79 Å². The number of hydrogen-bond donors (Lipinski definition) is 3. The maximum atomic E-state index is 12.1. The minimum Gasteiger partial charge on any atom is -0.507 e. The van der Waals surface area contributed by atoms with Crippen LogP contribution in [0.2, 0.25) is 0 Å². The van der Waals surface area contributed by atoms with Gasteiger partial charge in [-0.15, -0.1) is 0 Å². The lowest BCUT2D eigenvalue weighted by atomic mass is 9.81. The van der Waals surface area contributed by atoms with Crippen molar-refractivity contribution in [1.82, 2.24) is 4.72 Å². The maximum absolute atomic E-state index is 12.1. The molecule has 1 aromatic carbocycles. The Morgan fingerprint density at radius 1 is 1.29 bits per heavy atom. The molecule has 21 heavy (non-hydrogen) atoms. The second-order valence-corrected chi connectivity index (χ2v) is 7.82. The molecule has 6 nitrogen and oxygen atoms in total. The third-order valence-corrected chi connectivity index (χ3v) is 4.92. The Balaban J connectivity index is 3.08. The van der Waals surface area contributed by atoms with Crippen LogP contribution in [0, 0.1) is 11.3 Å². The average molecular weight is 314 g/mol. The number of aromatic hydroxyl groups is 1. The highest BCUT2D eigenvalue weighted by atomic mass is 32.2. The predicted molar refractivity (Wildman–Crippen MR) is 81.6 cm³/mol. The van der Waals surface area contributed by atoms with E-state index < -0.39 is 10.0 Å². The van der Waals surface area contributed by atoms with Gasteiger partial charge in [-0.2, -0.15) is 0 Å². The van der Waals surface area contributed by atoms with Gasteiger partial charge in [-0.25, -0.2) is 13.1 Å². The van der Waals surface area contributed by atoms with E-state index in [4.69, 9.17) is 0 Å². The molecule has 0 aliphatic carbocycles. The van der Waals surface area contributed by atoms with Crippen LogP contribution in [0.1, 0.15) is 27.7 Å². The molecule has 0 heterocycles. The van der Waals surface area contributed by atoms with Crippen molar-refractivity contribution in [3.05, 3.63) is 18.2 Å². The number of carbonyl (C=O) groups is 1. The smallest absolute Gasteiger partial charge is 0.244 e. The summed E-state index contributed by atoms with van der Waals surface area (Å²) in [5, 5.41) is 12.3. The Bertz CT molecular complexity index is 633. The molecule has 0 spiro atoms. The van der Waals surface area contributed by atoms with Crippen LogP contribution >= 0.6 is 0 Å². The van der Waals surface area contributed by atoms with E-state index >= 15 is 0 Å². The molecule has 1 aromatic rings. The summed E-state index contributed by atoms with van der Waals surface area (Å²) in [6.45, 7) is 7.65. The minimum absolute atomic E-state index is 0.207. The number of nitrogens with one attached hydrogen (secondary N) is 2. The summed E-state index contributed by atoms with van der Waals surface area (Å²) >= 11 is 0. The van der Waals surface area contributed by atoms with Gasteiger partial charge < -0.3 is 10.4 Å². The number of rotatable bonds is 4. The van der Waals surface area contributed by atoms with Crippen molar-refractivity contribution >= 4 is 21.6 Å². The molecule has 0 bridgehead atoms. The number of sulfonamides is 1. The first-order valence-electron chi connectivity index (χ1n) is 6.56. The average Bonchev–Trinajstić information content (AvgIpc) is 2.38. The van der Waals surface area contributed by atoms with Gasteiger partial charge in [0.2, 0.25) is 15.9 Å². The van der Waals surface area contributed by atoms with Crippen LogP contribution < -0.4 is 10.0 Å². The fourth-order valence-electron chi connectivity index (χ4n) is 1.56. The fraction of sp³-hybridized carbons (Fsp3) is 0.500. The Labute approximate surface area is 125 Å². The monoisotopic (exact) mass is 314 g/mol. The van der Waals surface area contributed by atoms with Crippen molar-refractivity contribution < 1.29 is 18.3 Å². The van der Waals surface area contributed by atoms with Crippen molar-refractivity contribution in [2.75, 3.05) is 12.4 Å². The van der Waals surface area contributed by atoms with Crippen LogP contribution in [-0.2, 0) is 14.8 Å². The minimum atomic E-state index is -3.79. The third kappa shape index (κ3) is 4.18. The summed E-state index contributed by atoms with van der Waals surface area (Å²) in [7, 11) is -2.54. The first-order valence-corrected chi connectivity index (χ1v) is 8.05. The zero-order valence-corrected chi connectivity index (χ0v) is 13.7. The zero-order chi connectivity index (χ0) is 16.4. The Morgan fingerprint density at radius 3 is 2.33 bits per heavy atom. The van der Waals surface area contributed by atoms with E-state index in [1.54, 1.807) is 6.92 Å². The lowest BCUT2D eigenvalue weighted by Crippen LogP contribution is -2.30. The van der Waals surface area contributed by atoms with E-state index in [9.17, 15) is 18.3 Å². The number of amides is 1. The molecule has 1 atom stereocenters. The molecule has 7 heteroatoms. The second-order valence-electron chi connectivity index (χ2n) is 5.97. The van der Waals surface area contributed by atoms with Gasteiger partial charge in [-0.05, 0) is 30.7 Å². The molecule has 0 aliphatic heterocycles. The van der Waals surface area contributed by atoms with Crippen LogP contribution in [0.5, 0.6) is 5.75 Å². The van der Waals surface area contributed by atoms with E-state index in [0.29, 0.717) is 5.69 Å². The SMILES string of the molecule is CNS(=O)(=O)c1cc(NC(=O)C(C)C(C)(C)C)ccc1O. The van der Waals surface area contributed by atoms with Crippen LogP contribution in [0.15, 0.2) is 23.1 Å². The molecule has 0 fully saturated rings. The number of anilines is 1. The van der Waals surface area contributed by atoms with Gasteiger partial charge in [0.25, 0.3) is 0 Å². The standard InChI is InChI=1S/C14H22N2O4S/c1-9(14(2,3)4)13(18)16-10-6-7-11(17)12(8-10)21(19,20)15-5/h6-9,15,17H,1-5H3,(H,16,18). The second kappa shape index (κ2) is 6.03. The van der Waals surface area contributed by atoms with Crippen molar-refractivity contribution in [1.29, 1.82) is 0 Å². The molecule has 118 valence electrons. The molecule has 0 radical (unpaired) electrons. The zero-order valence-electron chi connectivity index (χ0n) is 12.9. The molecule has 0 aliphatic rings. The van der Waals surface area contributed by atoms with Gasteiger partial charge in [0.1, 0.15) is 10.6 Å². The van der Waals surface area contributed by atoms with Crippen LogP contribution in [0.3, 0.4) is 0 Å². The number of carbonyl (C=O) groups excluding carboxylic acids is 1. The third-order valence-electron chi connectivity index (χ3n) is 3.48. The summed E-state index contributed by atoms with van der Waals surface area (Å²) in [5.41, 5.74) is 0.115. The summed E-state index contributed by atoms with van der Waals surface area (Å²) in [6.07, 6.45) is 0. The van der Waals surface area contributed by atoms with E-state index in [1.165, 1.54) is 25.2 Å². The van der Waals surface area contributed by atoms with Gasteiger partial charge in [-0.1, -0.05) is 27.7 Å². The number of benzene rings is 1. The topological polar surface area (TPSA) is 95.5 Å². The first-order chi connectivity index (χ1) is 9.49. The van der Waals surface area contributed by atoms with Gasteiger partial charge in [0.15, 0.2) is 0 Å². The fourth-order valence-corrected chi connectivity index (χ4v) is 2.41. The summed E-state index contributed by atoms with van der Waals surface area (Å²) < 4.78 is 25.7. The van der Waals surface area contributed by atoms with Crippen LogP contribution in [0.4, 0.5) is 5.69 Å². The molecule has 0 saturated heterocycles. The summed E-state index contributed by atoms with van der Waals surface area (Å²) in [6, 6.07) is 3.92. The maximum Gasteiger partial charge on any atom is 0.244 e. The lowest BCUT2D eigenvalue weighted by molar-refractivity contribution is -0.122. The predicted octanol–water partition coefficient (Wildman–Crippen LogP) is 1.92. The van der Waals surface area contributed by atoms with Crippen molar-refractivity contribution in [3.8, 4) is 5.75 Å². The summed E-state index contributed by atoms with van der Waals surface area (Å²) in [5.74, 6) is -0.831. The molecule has 3 N–H and O–H groups in total. The highest BCUT2D eigenvalue weighted by Crippen LogP contribution is 2.29. The first kappa shape index (κ1) is 17.5. The van der Waals surface area contributed by atoms with Crippen molar-refractivity contribution in [3.63, 3.8) is 0 Å². The number of hydrogen-bond acceptors (Lipinski definition) is 4. The van der Waals surface area contributed by atoms with E-state index in [-0.39, 0.29) is 27.9 Å². The van der Waals surface area contributed by atoms with Crippen LogP contribution in [-0.4, -0.2) is 26.5 Å². The quantitative estimate of drug-likeness (QED) is 0.740. The molecular weight excluding hydrogens is 292 g/mol. The molecule has 1 unspecified atom stereocenters. The lowest BCUT2D eigenvalue weighted by Gasteiger charge is -2.26. The highest BCUT2D eigenvalue weighted by Gasteiger charge is 2.27.